The lowest BCUT2D eigenvalue weighted by molar-refractivity contribution is 0.0378. The molecule has 1 aliphatic heterocycles. The van der Waals surface area contributed by atoms with Crippen LogP contribution in [0.1, 0.15) is 53.6 Å². The van der Waals surface area contributed by atoms with Crippen molar-refractivity contribution in [3.8, 4) is 0 Å². The maximum absolute atomic E-state index is 9.62. The number of ether oxygens (including phenoxy) is 1. The fourth-order valence-electron chi connectivity index (χ4n) is 4.98. The van der Waals surface area contributed by atoms with Crippen molar-refractivity contribution in [3.63, 3.8) is 0 Å². The van der Waals surface area contributed by atoms with E-state index in [0.717, 1.165) is 110 Å². The van der Waals surface area contributed by atoms with Crippen molar-refractivity contribution in [2.45, 2.75) is 52.2 Å². The Hall–Kier alpha value is -2.55. The zero-order chi connectivity index (χ0) is 22.8. The minimum absolute atomic E-state index is 0.0152. The van der Waals surface area contributed by atoms with Crippen molar-refractivity contribution < 1.29 is 9.84 Å². The Morgan fingerprint density at radius 2 is 1.94 bits per heavy atom. The number of benzene rings is 1. The van der Waals surface area contributed by atoms with Crippen LogP contribution < -0.4 is 5.32 Å². The van der Waals surface area contributed by atoms with Crippen LogP contribution in [0.3, 0.4) is 0 Å². The number of fused-ring (bicyclic) bond motifs is 2. The topological polar surface area (TPSA) is 88.3 Å². The van der Waals surface area contributed by atoms with Gasteiger partial charge in [-0.25, -0.2) is 4.98 Å². The first-order valence-electron chi connectivity index (χ1n) is 12.1. The van der Waals surface area contributed by atoms with Crippen LogP contribution in [0.2, 0.25) is 0 Å². The molecule has 176 valence electrons. The summed E-state index contributed by atoms with van der Waals surface area (Å²) in [6.07, 6.45) is 4.12. The summed E-state index contributed by atoms with van der Waals surface area (Å²) >= 11 is 0. The van der Waals surface area contributed by atoms with Crippen molar-refractivity contribution in [2.24, 2.45) is 0 Å². The third kappa shape index (κ3) is 4.60. The summed E-state index contributed by atoms with van der Waals surface area (Å²) in [7, 11) is 0. The molecule has 1 unspecified atom stereocenters. The number of aryl methyl sites for hydroxylation is 3. The van der Waals surface area contributed by atoms with Crippen molar-refractivity contribution in [1.29, 1.82) is 0 Å². The molecule has 2 aromatic heterocycles. The first-order chi connectivity index (χ1) is 16.1. The zero-order valence-electron chi connectivity index (χ0n) is 19.7. The molecule has 3 aromatic rings. The second-order valence-electron chi connectivity index (χ2n) is 9.16. The Bertz CT molecular complexity index is 1120. The normalized spacial score (nSPS) is 19.1. The molecule has 5 rings (SSSR count). The molecule has 1 aliphatic carbocycles. The molecule has 1 fully saturated rings. The average molecular weight is 451 g/mol. The third-order valence-electron chi connectivity index (χ3n) is 6.90. The first-order valence-corrected chi connectivity index (χ1v) is 12.1. The number of morpholine rings is 1. The van der Waals surface area contributed by atoms with Crippen LogP contribution in [0.25, 0.3) is 11.0 Å². The van der Waals surface area contributed by atoms with Gasteiger partial charge in [0.05, 0.1) is 59.7 Å². The minimum atomic E-state index is 0.0152. The maximum Gasteiger partial charge on any atom is 0.204 e. The van der Waals surface area contributed by atoms with Crippen LogP contribution in [-0.4, -0.2) is 68.9 Å². The highest BCUT2D eigenvalue weighted by Crippen LogP contribution is 2.36. The van der Waals surface area contributed by atoms with Gasteiger partial charge in [-0.05, 0) is 63.8 Å². The SMILES string of the molecule is Cc1nc2c(nc1C)C(n1c(NCCCN3CCOCC3)nc3cc(CO)ccc31)CCC2. The second-order valence-corrected chi connectivity index (χ2v) is 9.16. The standard InChI is InChI=1S/C25H34N6O2/c1-17-18(2)28-24-20(27-17)5-3-6-23(24)31-22-8-7-19(16-32)15-21(22)29-25(31)26-9-4-10-30-11-13-33-14-12-30/h7-8,15,23,32H,3-6,9-14,16H2,1-2H3,(H,26,29). The van der Waals surface area contributed by atoms with Crippen LogP contribution in [0.4, 0.5) is 5.95 Å². The summed E-state index contributed by atoms with van der Waals surface area (Å²) in [6, 6.07) is 6.15. The molecule has 3 heterocycles. The number of anilines is 1. The highest BCUT2D eigenvalue weighted by Gasteiger charge is 2.29. The molecular formula is C25H34N6O2. The summed E-state index contributed by atoms with van der Waals surface area (Å²) < 4.78 is 7.77. The highest BCUT2D eigenvalue weighted by molar-refractivity contribution is 5.80. The quantitative estimate of drug-likeness (QED) is 0.535. The van der Waals surface area contributed by atoms with Crippen LogP contribution in [0.15, 0.2) is 18.2 Å². The number of aliphatic hydroxyl groups excluding tert-OH is 1. The van der Waals surface area contributed by atoms with E-state index in [9.17, 15) is 5.11 Å². The van der Waals surface area contributed by atoms with Gasteiger partial charge in [0.25, 0.3) is 0 Å². The van der Waals surface area contributed by atoms with E-state index in [-0.39, 0.29) is 12.6 Å². The Morgan fingerprint density at radius 1 is 1.12 bits per heavy atom. The molecule has 2 aliphatic rings. The van der Waals surface area contributed by atoms with Crippen LogP contribution in [0.5, 0.6) is 0 Å². The number of nitrogens with one attached hydrogen (secondary N) is 1. The molecule has 0 amide bonds. The Labute approximate surface area is 195 Å². The van der Waals surface area contributed by atoms with Crippen LogP contribution >= 0.6 is 0 Å². The van der Waals surface area contributed by atoms with E-state index >= 15 is 0 Å². The number of aliphatic hydroxyl groups is 1. The average Bonchev–Trinajstić information content (AvgIpc) is 3.20. The first kappa shape index (κ1) is 22.3. The summed E-state index contributed by atoms with van der Waals surface area (Å²) in [5.74, 6) is 0.875. The van der Waals surface area contributed by atoms with E-state index in [1.165, 1.54) is 0 Å². The van der Waals surface area contributed by atoms with Gasteiger partial charge >= 0.3 is 0 Å². The molecule has 0 spiro atoms. The van der Waals surface area contributed by atoms with Gasteiger partial charge in [0.15, 0.2) is 0 Å². The number of nitrogens with zero attached hydrogens (tertiary/aromatic N) is 5. The van der Waals surface area contributed by atoms with Crippen LogP contribution in [0, 0.1) is 13.8 Å². The van der Waals surface area contributed by atoms with Crippen molar-refractivity contribution in [1.82, 2.24) is 24.4 Å². The summed E-state index contributed by atoms with van der Waals surface area (Å²) in [5, 5.41) is 13.2. The predicted molar refractivity (Wildman–Crippen MR) is 129 cm³/mol. The van der Waals surface area contributed by atoms with E-state index in [0.29, 0.717) is 0 Å². The zero-order valence-corrected chi connectivity index (χ0v) is 19.7. The van der Waals surface area contributed by atoms with Gasteiger partial charge in [0.1, 0.15) is 0 Å². The molecule has 0 radical (unpaired) electrons. The lowest BCUT2D eigenvalue weighted by Gasteiger charge is -2.28. The van der Waals surface area contributed by atoms with Crippen LogP contribution in [-0.2, 0) is 17.8 Å². The predicted octanol–water partition coefficient (Wildman–Crippen LogP) is 3.00. The molecular weight excluding hydrogens is 416 g/mol. The molecule has 33 heavy (non-hydrogen) atoms. The van der Waals surface area contributed by atoms with E-state index in [1.807, 2.05) is 26.0 Å². The van der Waals surface area contributed by atoms with Gasteiger partial charge in [0, 0.05) is 19.6 Å². The van der Waals surface area contributed by atoms with Gasteiger partial charge < -0.3 is 19.7 Å². The van der Waals surface area contributed by atoms with Gasteiger partial charge in [0.2, 0.25) is 5.95 Å². The number of hydrogen-bond acceptors (Lipinski definition) is 7. The Morgan fingerprint density at radius 3 is 2.76 bits per heavy atom. The number of hydrogen-bond donors (Lipinski definition) is 2. The summed E-state index contributed by atoms with van der Waals surface area (Å²) in [5.41, 5.74) is 7.04. The molecule has 2 N–H and O–H groups in total. The smallest absolute Gasteiger partial charge is 0.204 e. The fourth-order valence-corrected chi connectivity index (χ4v) is 4.98. The van der Waals surface area contributed by atoms with E-state index < -0.39 is 0 Å². The number of rotatable bonds is 7. The second kappa shape index (κ2) is 9.75. The number of aromatic nitrogens is 4. The molecule has 1 atom stereocenters. The van der Waals surface area contributed by atoms with Crippen molar-refractivity contribution in [3.05, 3.63) is 46.5 Å². The monoisotopic (exact) mass is 450 g/mol. The molecule has 0 bridgehead atoms. The van der Waals surface area contributed by atoms with Gasteiger partial charge in [-0.15, -0.1) is 0 Å². The van der Waals surface area contributed by atoms with E-state index in [4.69, 9.17) is 19.7 Å². The molecule has 1 saturated heterocycles. The molecule has 8 nitrogen and oxygen atoms in total. The molecule has 0 saturated carbocycles. The van der Waals surface area contributed by atoms with Crippen molar-refractivity contribution in [2.75, 3.05) is 44.7 Å². The largest absolute Gasteiger partial charge is 0.392 e. The number of imidazole rings is 1. The maximum atomic E-state index is 9.62. The van der Waals surface area contributed by atoms with Gasteiger partial charge in [-0.3, -0.25) is 14.9 Å². The third-order valence-corrected chi connectivity index (χ3v) is 6.90. The van der Waals surface area contributed by atoms with E-state index in [1.54, 1.807) is 0 Å². The minimum Gasteiger partial charge on any atom is -0.392 e. The van der Waals surface area contributed by atoms with Gasteiger partial charge in [-0.2, -0.15) is 0 Å². The lowest BCUT2D eigenvalue weighted by Crippen LogP contribution is -2.37. The lowest BCUT2D eigenvalue weighted by atomic mass is 9.94. The molecule has 8 heteroatoms. The fraction of sp³-hybridized carbons (Fsp3) is 0.560. The van der Waals surface area contributed by atoms with Crippen molar-refractivity contribution >= 4 is 17.0 Å². The Balaban J connectivity index is 1.45. The summed E-state index contributed by atoms with van der Waals surface area (Å²) in [4.78, 5) is 17.3. The highest BCUT2D eigenvalue weighted by atomic mass is 16.5. The van der Waals surface area contributed by atoms with E-state index in [2.05, 4.69) is 20.9 Å². The Kier molecular flexibility index (Phi) is 6.57. The summed E-state index contributed by atoms with van der Waals surface area (Å²) in [6.45, 7) is 9.69. The van der Waals surface area contributed by atoms with Gasteiger partial charge in [-0.1, -0.05) is 6.07 Å². The molecule has 1 aromatic carbocycles.